The van der Waals surface area contributed by atoms with Crippen LogP contribution in [-0.4, -0.2) is 33.5 Å². The van der Waals surface area contributed by atoms with Crippen molar-refractivity contribution in [3.63, 3.8) is 0 Å². The number of carbonyl (C=O) groups excluding carboxylic acids is 1. The summed E-state index contributed by atoms with van der Waals surface area (Å²) in [6, 6.07) is 8.68. The lowest BCUT2D eigenvalue weighted by molar-refractivity contribution is -0.127. The van der Waals surface area contributed by atoms with E-state index < -0.39 is 38.6 Å². The lowest BCUT2D eigenvalue weighted by Gasteiger charge is -2.34. The van der Waals surface area contributed by atoms with E-state index in [9.17, 15) is 22.0 Å². The third kappa shape index (κ3) is 3.73. The molecule has 0 saturated heterocycles. The van der Waals surface area contributed by atoms with Crippen molar-refractivity contribution in [3.8, 4) is 5.75 Å². The van der Waals surface area contributed by atoms with Crippen LogP contribution < -0.4 is 14.4 Å². The van der Waals surface area contributed by atoms with E-state index >= 15 is 0 Å². The molecule has 144 valence electrons. The molecule has 0 unspecified atom stereocenters. The normalized spacial score (nSPS) is 16.4. The second-order valence-electron chi connectivity index (χ2n) is 5.98. The van der Waals surface area contributed by atoms with Crippen molar-refractivity contribution in [1.29, 1.82) is 0 Å². The maximum atomic E-state index is 13.6. The summed E-state index contributed by atoms with van der Waals surface area (Å²) in [5, 5.41) is 2.67. The molecule has 27 heavy (non-hydrogen) atoms. The van der Waals surface area contributed by atoms with Crippen LogP contribution >= 0.6 is 0 Å². The quantitative estimate of drug-likeness (QED) is 0.842. The SMILES string of the molecule is CCCNC(=O)[C@H]1CN(S(=O)(=O)c2ccc(F)c(F)c2)c2ccccc2O1. The van der Waals surface area contributed by atoms with Crippen LogP contribution in [0.15, 0.2) is 47.4 Å². The van der Waals surface area contributed by atoms with Crippen LogP contribution in [0.4, 0.5) is 14.5 Å². The Morgan fingerprint density at radius 1 is 1.22 bits per heavy atom. The largest absolute Gasteiger partial charge is 0.476 e. The smallest absolute Gasteiger partial charge is 0.264 e. The molecule has 1 atom stereocenters. The van der Waals surface area contributed by atoms with Gasteiger partial charge in [0.2, 0.25) is 0 Å². The van der Waals surface area contributed by atoms with Crippen molar-refractivity contribution in [2.24, 2.45) is 0 Å². The Morgan fingerprint density at radius 3 is 2.67 bits per heavy atom. The molecule has 0 spiro atoms. The van der Waals surface area contributed by atoms with Gasteiger partial charge < -0.3 is 10.1 Å². The lowest BCUT2D eigenvalue weighted by Crippen LogP contribution is -2.50. The van der Waals surface area contributed by atoms with Crippen LogP contribution in [0.25, 0.3) is 0 Å². The number of para-hydroxylation sites is 2. The standard InChI is InChI=1S/C18H18F2N2O4S/c1-2-9-21-18(23)17-11-22(15-5-3-4-6-16(15)26-17)27(24,25)12-7-8-13(19)14(20)10-12/h3-8,10,17H,2,9,11H2,1H3,(H,21,23)/t17-/m1/s1. The zero-order chi connectivity index (χ0) is 19.6. The van der Waals surface area contributed by atoms with Crippen molar-refractivity contribution in [2.75, 3.05) is 17.4 Å². The molecule has 0 aromatic heterocycles. The van der Waals surface area contributed by atoms with Gasteiger partial charge in [0.25, 0.3) is 15.9 Å². The van der Waals surface area contributed by atoms with Crippen LogP contribution in [0.3, 0.4) is 0 Å². The molecule has 6 nitrogen and oxygen atoms in total. The molecule has 1 aliphatic heterocycles. The fraction of sp³-hybridized carbons (Fsp3) is 0.278. The molecule has 2 aromatic carbocycles. The topological polar surface area (TPSA) is 75.7 Å². The summed E-state index contributed by atoms with van der Waals surface area (Å²) in [5.41, 5.74) is 0.224. The highest BCUT2D eigenvalue weighted by Crippen LogP contribution is 2.36. The zero-order valence-electron chi connectivity index (χ0n) is 14.5. The molecule has 9 heteroatoms. The number of halogens is 2. The first kappa shape index (κ1) is 19.1. The Labute approximate surface area is 155 Å². The minimum absolute atomic E-state index is 0.214. The fourth-order valence-corrected chi connectivity index (χ4v) is 4.18. The third-order valence-electron chi connectivity index (χ3n) is 4.06. The maximum Gasteiger partial charge on any atom is 0.264 e. The molecule has 0 radical (unpaired) electrons. The predicted molar refractivity (Wildman–Crippen MR) is 95.0 cm³/mol. The van der Waals surface area contributed by atoms with Gasteiger partial charge in [0.1, 0.15) is 5.75 Å². The van der Waals surface area contributed by atoms with Gasteiger partial charge in [-0.25, -0.2) is 17.2 Å². The number of nitrogens with zero attached hydrogens (tertiary/aromatic N) is 1. The van der Waals surface area contributed by atoms with Crippen LogP contribution in [0.2, 0.25) is 0 Å². The number of ether oxygens (including phenoxy) is 1. The molecule has 0 saturated carbocycles. The van der Waals surface area contributed by atoms with Crippen molar-refractivity contribution >= 4 is 21.6 Å². The number of amides is 1. The van der Waals surface area contributed by atoms with Gasteiger partial charge in [-0.1, -0.05) is 19.1 Å². The first-order valence-electron chi connectivity index (χ1n) is 8.35. The van der Waals surface area contributed by atoms with Crippen LogP contribution in [-0.2, 0) is 14.8 Å². The van der Waals surface area contributed by atoms with Gasteiger partial charge in [0.15, 0.2) is 17.7 Å². The average molecular weight is 396 g/mol. The first-order chi connectivity index (χ1) is 12.8. The van der Waals surface area contributed by atoms with Crippen LogP contribution in [0.5, 0.6) is 5.75 Å². The second kappa shape index (κ2) is 7.51. The average Bonchev–Trinajstić information content (AvgIpc) is 2.67. The van der Waals surface area contributed by atoms with Crippen LogP contribution in [0.1, 0.15) is 13.3 Å². The summed E-state index contributed by atoms with van der Waals surface area (Å²) in [4.78, 5) is 11.9. The second-order valence-corrected chi connectivity index (χ2v) is 7.84. The molecule has 2 aromatic rings. The fourth-order valence-electron chi connectivity index (χ4n) is 2.69. The molecular weight excluding hydrogens is 378 g/mol. The Hall–Kier alpha value is -2.68. The molecule has 0 bridgehead atoms. The first-order valence-corrected chi connectivity index (χ1v) is 9.79. The number of hydrogen-bond acceptors (Lipinski definition) is 4. The van der Waals surface area contributed by atoms with Gasteiger partial charge in [-0.3, -0.25) is 9.10 Å². The van der Waals surface area contributed by atoms with Crippen molar-refractivity contribution in [1.82, 2.24) is 5.32 Å². The number of sulfonamides is 1. The summed E-state index contributed by atoms with van der Waals surface area (Å²) in [6.45, 7) is 2.03. The van der Waals surface area contributed by atoms with E-state index in [0.29, 0.717) is 19.0 Å². The highest BCUT2D eigenvalue weighted by Gasteiger charge is 2.37. The van der Waals surface area contributed by atoms with Gasteiger partial charge in [-0.15, -0.1) is 0 Å². The number of rotatable bonds is 5. The minimum Gasteiger partial charge on any atom is -0.476 e. The van der Waals surface area contributed by atoms with Gasteiger partial charge in [0, 0.05) is 6.54 Å². The molecule has 0 fully saturated rings. The molecule has 0 aliphatic carbocycles. The summed E-state index contributed by atoms with van der Waals surface area (Å²) < 4.78 is 59.5. The van der Waals surface area contributed by atoms with Crippen LogP contribution in [0, 0.1) is 11.6 Å². The van der Waals surface area contributed by atoms with Gasteiger partial charge in [0.05, 0.1) is 17.1 Å². The molecule has 1 amide bonds. The maximum absolute atomic E-state index is 13.6. The Bertz CT molecular complexity index is 966. The van der Waals surface area contributed by atoms with E-state index in [1.807, 2.05) is 6.92 Å². The monoisotopic (exact) mass is 396 g/mol. The third-order valence-corrected chi connectivity index (χ3v) is 5.83. The van der Waals surface area contributed by atoms with E-state index in [0.717, 1.165) is 16.4 Å². The molecular formula is C18H18F2N2O4S. The number of nitrogens with one attached hydrogen (secondary N) is 1. The summed E-state index contributed by atoms with van der Waals surface area (Å²) in [7, 11) is -4.23. The van der Waals surface area contributed by atoms with Crippen molar-refractivity contribution < 1.29 is 26.7 Å². The number of carbonyl (C=O) groups is 1. The number of hydrogen-bond donors (Lipinski definition) is 1. The summed E-state index contributed by atoms with van der Waals surface area (Å²) in [6.07, 6.45) is -0.349. The molecule has 1 N–H and O–H groups in total. The number of benzene rings is 2. The van der Waals surface area contributed by atoms with Gasteiger partial charge >= 0.3 is 0 Å². The van der Waals surface area contributed by atoms with E-state index in [-0.39, 0.29) is 18.0 Å². The highest BCUT2D eigenvalue weighted by atomic mass is 32.2. The Kier molecular flexibility index (Phi) is 5.31. The van der Waals surface area contributed by atoms with E-state index in [1.54, 1.807) is 18.2 Å². The van der Waals surface area contributed by atoms with E-state index in [4.69, 9.17) is 4.74 Å². The van der Waals surface area contributed by atoms with Gasteiger partial charge in [-0.2, -0.15) is 0 Å². The van der Waals surface area contributed by atoms with Crippen molar-refractivity contribution in [2.45, 2.75) is 24.3 Å². The molecule has 1 heterocycles. The summed E-state index contributed by atoms with van der Waals surface area (Å²) >= 11 is 0. The minimum atomic E-state index is -4.23. The van der Waals surface area contributed by atoms with Gasteiger partial charge in [-0.05, 0) is 36.8 Å². The number of anilines is 1. The van der Waals surface area contributed by atoms with E-state index in [1.165, 1.54) is 6.07 Å². The zero-order valence-corrected chi connectivity index (χ0v) is 15.3. The summed E-state index contributed by atoms with van der Waals surface area (Å²) in [5.74, 6) is -2.65. The Morgan fingerprint density at radius 2 is 1.96 bits per heavy atom. The lowest BCUT2D eigenvalue weighted by atomic mass is 10.2. The predicted octanol–water partition coefficient (Wildman–Crippen LogP) is 2.45. The number of fused-ring (bicyclic) bond motifs is 1. The van der Waals surface area contributed by atoms with Crippen molar-refractivity contribution in [3.05, 3.63) is 54.1 Å². The molecule has 3 rings (SSSR count). The highest BCUT2D eigenvalue weighted by molar-refractivity contribution is 7.92. The van der Waals surface area contributed by atoms with E-state index in [2.05, 4.69) is 5.32 Å². The molecule has 1 aliphatic rings. The Balaban J connectivity index is 2.01.